The zero-order valence-corrected chi connectivity index (χ0v) is 13.4. The van der Waals surface area contributed by atoms with Crippen molar-refractivity contribution in [1.82, 2.24) is 0 Å². The second-order valence-corrected chi connectivity index (χ2v) is 6.85. The Balaban J connectivity index is 1.63. The van der Waals surface area contributed by atoms with Gasteiger partial charge in [-0.2, -0.15) is 0 Å². The predicted molar refractivity (Wildman–Crippen MR) is 86.2 cm³/mol. The average Bonchev–Trinajstić information content (AvgIpc) is 3.01. The number of Topliss-reactive ketones (excluding diaryl/α,β-unsaturated/α-hetero) is 1. The van der Waals surface area contributed by atoms with Crippen molar-refractivity contribution in [2.75, 3.05) is 19.0 Å². The summed E-state index contributed by atoms with van der Waals surface area (Å²) in [5.41, 5.74) is 0. The molecule has 1 aromatic heterocycles. The standard InChI is InChI=1S/C16H16O3S2/c1-2-11-4-6-16(21-11)13(17)10-20-12-3-5-14-15(9-12)19-8-7-18-14/h3-6,9H,2,7-8,10H2,1H3. The molecule has 0 amide bonds. The number of rotatable bonds is 5. The first-order valence-electron chi connectivity index (χ1n) is 6.90. The molecular formula is C16H16O3S2. The first kappa shape index (κ1) is 14.5. The summed E-state index contributed by atoms with van der Waals surface area (Å²) in [5, 5.41) is 0. The molecule has 3 rings (SSSR count). The van der Waals surface area contributed by atoms with Gasteiger partial charge in [0, 0.05) is 9.77 Å². The number of hydrogen-bond acceptors (Lipinski definition) is 5. The van der Waals surface area contributed by atoms with Crippen LogP contribution in [0.15, 0.2) is 35.2 Å². The minimum Gasteiger partial charge on any atom is -0.486 e. The Morgan fingerprint density at radius 2 is 2.00 bits per heavy atom. The van der Waals surface area contributed by atoms with Gasteiger partial charge < -0.3 is 9.47 Å². The molecule has 0 bridgehead atoms. The number of hydrogen-bond donors (Lipinski definition) is 0. The Morgan fingerprint density at radius 1 is 1.19 bits per heavy atom. The van der Waals surface area contributed by atoms with E-state index >= 15 is 0 Å². The highest BCUT2D eigenvalue weighted by Gasteiger charge is 2.13. The summed E-state index contributed by atoms with van der Waals surface area (Å²) in [5.74, 6) is 2.17. The Kier molecular flexibility index (Phi) is 4.51. The zero-order chi connectivity index (χ0) is 14.7. The third-order valence-electron chi connectivity index (χ3n) is 3.17. The minimum atomic E-state index is 0.180. The molecule has 0 radical (unpaired) electrons. The smallest absolute Gasteiger partial charge is 0.182 e. The maximum Gasteiger partial charge on any atom is 0.182 e. The molecule has 1 aliphatic heterocycles. The van der Waals surface area contributed by atoms with Crippen molar-refractivity contribution >= 4 is 28.9 Å². The molecule has 0 saturated heterocycles. The molecule has 110 valence electrons. The Bertz CT molecular complexity index is 649. The van der Waals surface area contributed by atoms with Gasteiger partial charge in [0.1, 0.15) is 13.2 Å². The second-order valence-electron chi connectivity index (χ2n) is 4.64. The Labute approximate surface area is 132 Å². The van der Waals surface area contributed by atoms with E-state index in [0.717, 1.165) is 27.7 Å². The minimum absolute atomic E-state index is 0.180. The van der Waals surface area contributed by atoms with Gasteiger partial charge in [-0.25, -0.2) is 0 Å². The molecule has 1 aromatic carbocycles. The van der Waals surface area contributed by atoms with Crippen LogP contribution >= 0.6 is 23.1 Å². The third kappa shape index (κ3) is 3.41. The fourth-order valence-corrected chi connectivity index (χ4v) is 3.84. The number of ketones is 1. The van der Waals surface area contributed by atoms with Crippen molar-refractivity contribution in [3.8, 4) is 11.5 Å². The molecule has 5 heteroatoms. The highest BCUT2D eigenvalue weighted by Crippen LogP contribution is 2.34. The number of aryl methyl sites for hydroxylation is 1. The Hall–Kier alpha value is -1.46. The van der Waals surface area contributed by atoms with Crippen LogP contribution in [0.5, 0.6) is 11.5 Å². The molecule has 0 fully saturated rings. The van der Waals surface area contributed by atoms with Crippen LogP contribution in [0.1, 0.15) is 21.5 Å². The van der Waals surface area contributed by atoms with Gasteiger partial charge in [0.2, 0.25) is 0 Å². The number of fused-ring (bicyclic) bond motifs is 1. The van der Waals surface area contributed by atoms with Gasteiger partial charge in [-0.3, -0.25) is 4.79 Å². The summed E-state index contributed by atoms with van der Waals surface area (Å²) < 4.78 is 11.0. The number of carbonyl (C=O) groups excluding carboxylic acids is 1. The predicted octanol–water partition coefficient (Wildman–Crippen LogP) is 4.06. The summed E-state index contributed by atoms with van der Waals surface area (Å²) in [7, 11) is 0. The van der Waals surface area contributed by atoms with E-state index in [1.807, 2.05) is 30.3 Å². The lowest BCUT2D eigenvalue weighted by Crippen LogP contribution is -2.15. The maximum atomic E-state index is 12.2. The second kappa shape index (κ2) is 6.54. The van der Waals surface area contributed by atoms with E-state index in [1.54, 1.807) is 11.3 Å². The number of thiophene rings is 1. The van der Waals surface area contributed by atoms with E-state index in [9.17, 15) is 4.79 Å². The van der Waals surface area contributed by atoms with Crippen molar-refractivity contribution in [3.63, 3.8) is 0 Å². The SMILES string of the molecule is CCc1ccc(C(=O)CSc2ccc3c(c2)OCCO3)s1. The average molecular weight is 320 g/mol. The summed E-state index contributed by atoms with van der Waals surface area (Å²) in [6.07, 6.45) is 0.979. The van der Waals surface area contributed by atoms with E-state index < -0.39 is 0 Å². The molecule has 0 saturated carbocycles. The van der Waals surface area contributed by atoms with Crippen molar-refractivity contribution < 1.29 is 14.3 Å². The van der Waals surface area contributed by atoms with Crippen LogP contribution in [0.25, 0.3) is 0 Å². The van der Waals surface area contributed by atoms with Crippen LogP contribution in [0.4, 0.5) is 0 Å². The van der Waals surface area contributed by atoms with Gasteiger partial charge in [-0.15, -0.1) is 23.1 Å². The lowest BCUT2D eigenvalue weighted by atomic mass is 10.3. The lowest BCUT2D eigenvalue weighted by molar-refractivity contribution is 0.102. The number of thioether (sulfide) groups is 1. The third-order valence-corrected chi connectivity index (χ3v) is 5.43. The molecule has 0 atom stereocenters. The van der Waals surface area contributed by atoms with E-state index in [-0.39, 0.29) is 5.78 Å². The number of benzene rings is 1. The first-order chi connectivity index (χ1) is 10.3. The highest BCUT2D eigenvalue weighted by molar-refractivity contribution is 8.00. The number of ether oxygens (including phenoxy) is 2. The largest absolute Gasteiger partial charge is 0.486 e. The van der Waals surface area contributed by atoms with Gasteiger partial charge in [-0.1, -0.05) is 6.92 Å². The van der Waals surface area contributed by atoms with E-state index in [1.165, 1.54) is 16.6 Å². The summed E-state index contributed by atoms with van der Waals surface area (Å²) in [6, 6.07) is 9.78. The van der Waals surface area contributed by atoms with Crippen molar-refractivity contribution in [3.05, 3.63) is 40.1 Å². The molecule has 3 nitrogen and oxygen atoms in total. The monoisotopic (exact) mass is 320 g/mol. The maximum absolute atomic E-state index is 12.2. The topological polar surface area (TPSA) is 35.5 Å². The van der Waals surface area contributed by atoms with Gasteiger partial charge in [0.05, 0.1) is 10.6 Å². The van der Waals surface area contributed by atoms with E-state index in [2.05, 4.69) is 6.92 Å². The molecular weight excluding hydrogens is 304 g/mol. The Morgan fingerprint density at radius 3 is 2.76 bits per heavy atom. The summed E-state index contributed by atoms with van der Waals surface area (Å²) in [6.45, 7) is 3.27. The van der Waals surface area contributed by atoms with Gasteiger partial charge >= 0.3 is 0 Å². The summed E-state index contributed by atoms with van der Waals surface area (Å²) >= 11 is 3.13. The summed E-state index contributed by atoms with van der Waals surface area (Å²) in [4.78, 5) is 15.3. The van der Waals surface area contributed by atoms with Crippen LogP contribution in [-0.4, -0.2) is 24.7 Å². The zero-order valence-electron chi connectivity index (χ0n) is 11.8. The molecule has 0 aliphatic carbocycles. The van der Waals surface area contributed by atoms with Crippen LogP contribution in [-0.2, 0) is 6.42 Å². The molecule has 21 heavy (non-hydrogen) atoms. The highest BCUT2D eigenvalue weighted by atomic mass is 32.2. The first-order valence-corrected chi connectivity index (χ1v) is 8.71. The van der Waals surface area contributed by atoms with Crippen LogP contribution < -0.4 is 9.47 Å². The fraction of sp³-hybridized carbons (Fsp3) is 0.312. The molecule has 1 aliphatic rings. The van der Waals surface area contributed by atoms with Crippen LogP contribution in [0.2, 0.25) is 0 Å². The van der Waals surface area contributed by atoms with Crippen molar-refractivity contribution in [1.29, 1.82) is 0 Å². The molecule has 0 unspecified atom stereocenters. The molecule has 0 spiro atoms. The van der Waals surface area contributed by atoms with Gasteiger partial charge in [0.25, 0.3) is 0 Å². The molecule has 2 heterocycles. The quantitative estimate of drug-likeness (QED) is 0.615. The normalized spacial score (nSPS) is 13.2. The van der Waals surface area contributed by atoms with Crippen molar-refractivity contribution in [2.45, 2.75) is 18.2 Å². The number of carbonyl (C=O) groups is 1. The lowest BCUT2D eigenvalue weighted by Gasteiger charge is -2.18. The fourth-order valence-electron chi connectivity index (χ4n) is 2.05. The van der Waals surface area contributed by atoms with Crippen molar-refractivity contribution in [2.24, 2.45) is 0 Å². The van der Waals surface area contributed by atoms with Crippen LogP contribution in [0, 0.1) is 0 Å². The van der Waals surface area contributed by atoms with Crippen LogP contribution in [0.3, 0.4) is 0 Å². The molecule has 0 N–H and O–H groups in total. The molecule has 2 aromatic rings. The van der Waals surface area contributed by atoms with E-state index in [4.69, 9.17) is 9.47 Å². The van der Waals surface area contributed by atoms with Gasteiger partial charge in [-0.05, 0) is 36.8 Å². The van der Waals surface area contributed by atoms with E-state index in [0.29, 0.717) is 19.0 Å². The van der Waals surface area contributed by atoms with Gasteiger partial charge in [0.15, 0.2) is 17.3 Å².